The first-order chi connectivity index (χ1) is 11.9. The van der Waals surface area contributed by atoms with Gasteiger partial charge in [0, 0.05) is 5.56 Å². The van der Waals surface area contributed by atoms with E-state index in [0.29, 0.717) is 11.7 Å². The molecule has 0 heterocycles. The normalized spacial score (nSPS) is 11.1. The van der Waals surface area contributed by atoms with Crippen molar-refractivity contribution in [1.82, 2.24) is 5.43 Å². The Labute approximate surface area is 149 Å². The van der Waals surface area contributed by atoms with Crippen LogP contribution in [-0.4, -0.2) is 18.7 Å². The van der Waals surface area contributed by atoms with E-state index in [2.05, 4.69) is 43.4 Å². The van der Waals surface area contributed by atoms with Gasteiger partial charge in [-0.3, -0.25) is 4.79 Å². The van der Waals surface area contributed by atoms with E-state index in [-0.39, 0.29) is 12.5 Å². The molecule has 132 valence electrons. The first kappa shape index (κ1) is 18.7. The van der Waals surface area contributed by atoms with Gasteiger partial charge in [-0.25, -0.2) is 5.43 Å². The summed E-state index contributed by atoms with van der Waals surface area (Å²) in [6.07, 6.45) is 1.68. The van der Waals surface area contributed by atoms with Crippen molar-refractivity contribution in [1.29, 1.82) is 0 Å². The molecule has 0 atom stereocenters. The van der Waals surface area contributed by atoms with Crippen LogP contribution in [0, 0.1) is 20.8 Å². The predicted octanol–water partition coefficient (Wildman–Crippen LogP) is 4.26. The van der Waals surface area contributed by atoms with Gasteiger partial charge in [0.2, 0.25) is 0 Å². The second-order valence-corrected chi connectivity index (χ2v) is 6.62. The Morgan fingerprint density at radius 2 is 1.72 bits per heavy atom. The van der Waals surface area contributed by atoms with E-state index in [4.69, 9.17) is 4.74 Å². The quantitative estimate of drug-likeness (QED) is 0.632. The maximum Gasteiger partial charge on any atom is 0.277 e. The van der Waals surface area contributed by atoms with E-state index in [1.165, 1.54) is 11.1 Å². The maximum absolute atomic E-state index is 11.9. The molecule has 0 unspecified atom stereocenters. The molecular formula is C21H26N2O2. The molecule has 2 rings (SSSR count). The molecular weight excluding hydrogens is 312 g/mol. The summed E-state index contributed by atoms with van der Waals surface area (Å²) in [7, 11) is 0. The number of aryl methyl sites for hydroxylation is 3. The molecule has 0 spiro atoms. The Kier molecular flexibility index (Phi) is 6.34. The van der Waals surface area contributed by atoms with Crippen LogP contribution in [0.2, 0.25) is 0 Å². The fraction of sp³-hybridized carbons (Fsp3) is 0.333. The van der Waals surface area contributed by atoms with E-state index < -0.39 is 0 Å². The highest BCUT2D eigenvalue weighted by atomic mass is 16.5. The molecule has 2 aromatic carbocycles. The summed E-state index contributed by atoms with van der Waals surface area (Å²) >= 11 is 0. The number of hydrogen-bond acceptors (Lipinski definition) is 3. The Morgan fingerprint density at radius 1 is 1.12 bits per heavy atom. The molecule has 1 N–H and O–H groups in total. The van der Waals surface area contributed by atoms with E-state index in [1.807, 2.05) is 38.1 Å². The topological polar surface area (TPSA) is 50.7 Å². The lowest BCUT2D eigenvalue weighted by molar-refractivity contribution is -0.123. The lowest BCUT2D eigenvalue weighted by Gasteiger charge is -2.08. The molecule has 0 aliphatic carbocycles. The minimum absolute atomic E-state index is 0.0653. The molecule has 0 saturated carbocycles. The van der Waals surface area contributed by atoms with Crippen molar-refractivity contribution in [3.63, 3.8) is 0 Å². The summed E-state index contributed by atoms with van der Waals surface area (Å²) in [5.41, 5.74) is 8.26. The van der Waals surface area contributed by atoms with Crippen LogP contribution in [0.5, 0.6) is 5.75 Å². The van der Waals surface area contributed by atoms with Gasteiger partial charge in [0.25, 0.3) is 5.91 Å². The van der Waals surface area contributed by atoms with Gasteiger partial charge in [-0.15, -0.1) is 0 Å². The SMILES string of the molecule is Cc1cc(C)c(C=NNC(=O)COc2ccc(C(C)C)cc2)c(C)c1. The summed E-state index contributed by atoms with van der Waals surface area (Å²) < 4.78 is 5.48. The van der Waals surface area contributed by atoms with Gasteiger partial charge in [0.05, 0.1) is 6.21 Å². The summed E-state index contributed by atoms with van der Waals surface area (Å²) in [6.45, 7) is 10.3. The lowest BCUT2D eigenvalue weighted by Crippen LogP contribution is -2.24. The average molecular weight is 338 g/mol. The Bertz CT molecular complexity index is 739. The Morgan fingerprint density at radius 3 is 2.28 bits per heavy atom. The molecule has 0 aromatic heterocycles. The van der Waals surface area contributed by atoms with Gasteiger partial charge >= 0.3 is 0 Å². The second-order valence-electron chi connectivity index (χ2n) is 6.62. The number of rotatable bonds is 6. The van der Waals surface area contributed by atoms with Crippen molar-refractivity contribution in [2.75, 3.05) is 6.61 Å². The van der Waals surface area contributed by atoms with Crippen LogP contribution in [0.3, 0.4) is 0 Å². The van der Waals surface area contributed by atoms with E-state index >= 15 is 0 Å². The highest BCUT2D eigenvalue weighted by Crippen LogP contribution is 2.18. The Hall–Kier alpha value is -2.62. The minimum atomic E-state index is -0.286. The number of carbonyl (C=O) groups excluding carboxylic acids is 1. The van der Waals surface area contributed by atoms with Crippen molar-refractivity contribution in [2.24, 2.45) is 5.10 Å². The first-order valence-corrected chi connectivity index (χ1v) is 8.49. The molecule has 0 saturated heterocycles. The van der Waals surface area contributed by atoms with Gasteiger partial charge < -0.3 is 4.74 Å². The Balaban J connectivity index is 1.86. The van der Waals surface area contributed by atoms with Crippen LogP contribution in [0.4, 0.5) is 0 Å². The average Bonchev–Trinajstić information content (AvgIpc) is 2.55. The number of benzene rings is 2. The van der Waals surface area contributed by atoms with Crippen molar-refractivity contribution < 1.29 is 9.53 Å². The first-order valence-electron chi connectivity index (χ1n) is 8.49. The number of hydrazone groups is 1. The van der Waals surface area contributed by atoms with E-state index in [0.717, 1.165) is 16.7 Å². The minimum Gasteiger partial charge on any atom is -0.484 e. The smallest absolute Gasteiger partial charge is 0.277 e. The van der Waals surface area contributed by atoms with Crippen LogP contribution in [0.1, 0.15) is 47.6 Å². The van der Waals surface area contributed by atoms with Crippen LogP contribution in [0.15, 0.2) is 41.5 Å². The van der Waals surface area contributed by atoms with Crippen molar-refractivity contribution in [2.45, 2.75) is 40.5 Å². The van der Waals surface area contributed by atoms with Crippen molar-refractivity contribution in [3.05, 3.63) is 64.2 Å². The van der Waals surface area contributed by atoms with Crippen molar-refractivity contribution >= 4 is 12.1 Å². The monoisotopic (exact) mass is 338 g/mol. The number of carbonyl (C=O) groups is 1. The zero-order valence-electron chi connectivity index (χ0n) is 15.6. The fourth-order valence-electron chi connectivity index (χ4n) is 2.69. The standard InChI is InChI=1S/C21H26N2O2/c1-14(2)18-6-8-19(9-7-18)25-13-21(24)23-22-12-20-16(4)10-15(3)11-17(20)5/h6-12,14H,13H2,1-5H3,(H,23,24). The van der Waals surface area contributed by atoms with E-state index in [1.54, 1.807) is 6.21 Å². The fourth-order valence-corrected chi connectivity index (χ4v) is 2.69. The molecule has 0 aliphatic rings. The summed E-state index contributed by atoms with van der Waals surface area (Å²) in [6, 6.07) is 12.0. The molecule has 0 fully saturated rings. The summed E-state index contributed by atoms with van der Waals surface area (Å²) in [4.78, 5) is 11.9. The number of nitrogens with zero attached hydrogens (tertiary/aromatic N) is 1. The van der Waals surface area contributed by atoms with E-state index in [9.17, 15) is 4.79 Å². The van der Waals surface area contributed by atoms with Crippen molar-refractivity contribution in [3.8, 4) is 5.75 Å². The maximum atomic E-state index is 11.9. The highest BCUT2D eigenvalue weighted by molar-refractivity contribution is 5.85. The number of nitrogens with one attached hydrogen (secondary N) is 1. The molecule has 0 bridgehead atoms. The predicted molar refractivity (Wildman–Crippen MR) is 102 cm³/mol. The summed E-state index contributed by atoms with van der Waals surface area (Å²) in [5, 5.41) is 4.04. The molecule has 4 heteroatoms. The zero-order valence-corrected chi connectivity index (χ0v) is 15.6. The molecule has 0 aliphatic heterocycles. The number of amides is 1. The van der Waals surface area contributed by atoms with Gasteiger partial charge in [-0.05, 0) is 55.5 Å². The van der Waals surface area contributed by atoms with Gasteiger partial charge in [-0.2, -0.15) is 5.10 Å². The number of hydrogen-bond donors (Lipinski definition) is 1. The zero-order chi connectivity index (χ0) is 18.4. The molecule has 2 aromatic rings. The largest absolute Gasteiger partial charge is 0.484 e. The third kappa shape index (κ3) is 5.45. The summed E-state index contributed by atoms with van der Waals surface area (Å²) in [5.74, 6) is 0.862. The van der Waals surface area contributed by atoms with Crippen LogP contribution in [-0.2, 0) is 4.79 Å². The van der Waals surface area contributed by atoms with Crippen LogP contribution >= 0.6 is 0 Å². The lowest BCUT2D eigenvalue weighted by atomic mass is 10.0. The van der Waals surface area contributed by atoms with Gasteiger partial charge in [-0.1, -0.05) is 43.7 Å². The molecule has 4 nitrogen and oxygen atoms in total. The molecule has 25 heavy (non-hydrogen) atoms. The van der Waals surface area contributed by atoms with Crippen LogP contribution < -0.4 is 10.2 Å². The number of ether oxygens (including phenoxy) is 1. The third-order valence-electron chi connectivity index (χ3n) is 4.04. The van der Waals surface area contributed by atoms with Crippen LogP contribution in [0.25, 0.3) is 0 Å². The molecule has 1 amide bonds. The van der Waals surface area contributed by atoms with Gasteiger partial charge in [0.15, 0.2) is 6.61 Å². The third-order valence-corrected chi connectivity index (χ3v) is 4.04. The molecule has 0 radical (unpaired) electrons. The second kappa shape index (κ2) is 8.47. The van der Waals surface area contributed by atoms with Gasteiger partial charge in [0.1, 0.15) is 5.75 Å². The highest BCUT2D eigenvalue weighted by Gasteiger charge is 2.04.